The maximum absolute atomic E-state index is 10.7. The van der Waals surface area contributed by atoms with Crippen LogP contribution in [0.5, 0.6) is 11.5 Å². The third-order valence-corrected chi connectivity index (χ3v) is 2.68. The van der Waals surface area contributed by atoms with Crippen LogP contribution in [-0.4, -0.2) is 25.2 Å². The molecule has 0 saturated heterocycles. The Hall–Kier alpha value is -1.75. The number of carbonyl (C=O) groups excluding carboxylic acids is 1. The molecular formula is C15H24N2O3. The first kappa shape index (κ1) is 16.3. The summed E-state index contributed by atoms with van der Waals surface area (Å²) in [5.74, 6) is 1.15. The van der Waals surface area contributed by atoms with Crippen LogP contribution in [0.25, 0.3) is 0 Å². The molecule has 0 bridgehead atoms. The number of benzene rings is 1. The normalized spacial score (nSPS) is 11.2. The van der Waals surface area contributed by atoms with Crippen molar-refractivity contribution >= 4 is 5.91 Å². The molecule has 5 heteroatoms. The average molecular weight is 280 g/mol. The first-order chi connectivity index (χ1) is 9.31. The summed E-state index contributed by atoms with van der Waals surface area (Å²) in [7, 11) is 1.63. The van der Waals surface area contributed by atoms with Crippen LogP contribution >= 0.6 is 0 Å². The highest BCUT2D eigenvalue weighted by atomic mass is 16.5. The molecule has 1 aromatic rings. The van der Waals surface area contributed by atoms with E-state index in [1.54, 1.807) is 7.11 Å². The van der Waals surface area contributed by atoms with E-state index in [1.165, 1.54) is 0 Å². The lowest BCUT2D eigenvalue weighted by Gasteiger charge is -2.22. The Labute approximate surface area is 120 Å². The highest BCUT2D eigenvalue weighted by Gasteiger charge is 2.12. The van der Waals surface area contributed by atoms with E-state index in [2.05, 4.69) is 26.1 Å². The summed E-state index contributed by atoms with van der Waals surface area (Å²) in [5, 5.41) is 3.40. The number of ether oxygens (including phenoxy) is 2. The minimum atomic E-state index is -0.368. The molecule has 3 N–H and O–H groups in total. The Morgan fingerprint density at radius 3 is 2.60 bits per heavy atom. The van der Waals surface area contributed by atoms with Crippen LogP contribution in [0.1, 0.15) is 32.8 Å². The number of methoxy groups -OCH3 is 1. The van der Waals surface area contributed by atoms with Gasteiger partial charge in [0.2, 0.25) is 5.91 Å². The molecule has 0 aliphatic carbocycles. The lowest BCUT2D eigenvalue weighted by atomic mass is 10.1. The Bertz CT molecular complexity index is 453. The number of hydrogen-bond donors (Lipinski definition) is 2. The van der Waals surface area contributed by atoms with Crippen LogP contribution in [0.3, 0.4) is 0 Å². The molecule has 112 valence electrons. The van der Waals surface area contributed by atoms with Crippen LogP contribution in [0, 0.1) is 0 Å². The van der Waals surface area contributed by atoms with Gasteiger partial charge in [-0.3, -0.25) is 4.79 Å². The minimum Gasteiger partial charge on any atom is -0.497 e. The van der Waals surface area contributed by atoms with Crippen molar-refractivity contribution in [2.75, 3.05) is 13.7 Å². The van der Waals surface area contributed by atoms with Gasteiger partial charge < -0.3 is 20.5 Å². The fourth-order valence-electron chi connectivity index (χ4n) is 1.58. The maximum atomic E-state index is 10.7. The van der Waals surface area contributed by atoms with Crippen molar-refractivity contribution in [1.82, 2.24) is 5.32 Å². The van der Waals surface area contributed by atoms with Crippen molar-refractivity contribution in [3.05, 3.63) is 23.8 Å². The van der Waals surface area contributed by atoms with E-state index in [9.17, 15) is 4.79 Å². The van der Waals surface area contributed by atoms with Crippen molar-refractivity contribution in [2.45, 2.75) is 39.3 Å². The highest BCUT2D eigenvalue weighted by molar-refractivity contribution is 5.73. The van der Waals surface area contributed by atoms with Crippen LogP contribution in [-0.2, 0) is 11.3 Å². The average Bonchev–Trinajstić information content (AvgIpc) is 2.36. The molecule has 0 aliphatic heterocycles. The molecule has 0 radical (unpaired) electrons. The minimum absolute atomic E-state index is 0.00751. The van der Waals surface area contributed by atoms with Gasteiger partial charge in [0.15, 0.2) is 0 Å². The van der Waals surface area contributed by atoms with Crippen LogP contribution in [0.4, 0.5) is 0 Å². The number of rotatable bonds is 7. The Morgan fingerprint density at radius 1 is 1.35 bits per heavy atom. The number of primary amides is 1. The number of amides is 1. The molecule has 0 spiro atoms. The third kappa shape index (κ3) is 5.93. The molecule has 0 aromatic heterocycles. The second-order valence-electron chi connectivity index (χ2n) is 5.64. The zero-order valence-electron chi connectivity index (χ0n) is 12.7. The van der Waals surface area contributed by atoms with Gasteiger partial charge in [0, 0.05) is 17.6 Å². The van der Waals surface area contributed by atoms with Gasteiger partial charge in [0.1, 0.15) is 11.5 Å². The molecule has 1 amide bonds. The third-order valence-electron chi connectivity index (χ3n) is 2.68. The summed E-state index contributed by atoms with van der Waals surface area (Å²) < 4.78 is 10.8. The Kier molecular flexibility index (Phi) is 5.82. The standard InChI is InChI=1S/C15H24N2O3/c1-15(2,3)17-10-11-9-12(19-4)5-6-13(11)20-8-7-14(16)18/h5-6,9,17H,7-8,10H2,1-4H3,(H2,16,18). The second-order valence-corrected chi connectivity index (χ2v) is 5.64. The summed E-state index contributed by atoms with van der Waals surface area (Å²) >= 11 is 0. The second kappa shape index (κ2) is 7.14. The summed E-state index contributed by atoms with van der Waals surface area (Å²) in [6, 6.07) is 5.61. The topological polar surface area (TPSA) is 73.6 Å². The van der Waals surface area contributed by atoms with Gasteiger partial charge in [-0.15, -0.1) is 0 Å². The van der Waals surface area contributed by atoms with E-state index in [4.69, 9.17) is 15.2 Å². The van der Waals surface area contributed by atoms with Gasteiger partial charge in [-0.05, 0) is 39.0 Å². The van der Waals surface area contributed by atoms with Gasteiger partial charge in [0.05, 0.1) is 20.1 Å². The molecule has 1 rings (SSSR count). The van der Waals surface area contributed by atoms with Crippen molar-refractivity contribution < 1.29 is 14.3 Å². The van der Waals surface area contributed by atoms with Crippen molar-refractivity contribution in [3.8, 4) is 11.5 Å². The molecule has 0 fully saturated rings. The Morgan fingerprint density at radius 2 is 2.05 bits per heavy atom. The SMILES string of the molecule is COc1ccc(OCCC(N)=O)c(CNC(C)(C)C)c1. The van der Waals surface area contributed by atoms with Gasteiger partial charge in [-0.25, -0.2) is 0 Å². The quantitative estimate of drug-likeness (QED) is 0.799. The van der Waals surface area contributed by atoms with E-state index in [-0.39, 0.29) is 24.5 Å². The largest absolute Gasteiger partial charge is 0.497 e. The van der Waals surface area contributed by atoms with Gasteiger partial charge >= 0.3 is 0 Å². The molecular weight excluding hydrogens is 256 g/mol. The molecule has 20 heavy (non-hydrogen) atoms. The summed E-state index contributed by atoms with van der Waals surface area (Å²) in [6.07, 6.45) is 0.207. The smallest absolute Gasteiger partial charge is 0.220 e. The molecule has 0 aliphatic rings. The van der Waals surface area contributed by atoms with Gasteiger partial charge in [0.25, 0.3) is 0 Å². The van der Waals surface area contributed by atoms with Crippen molar-refractivity contribution in [3.63, 3.8) is 0 Å². The van der Waals surface area contributed by atoms with Crippen molar-refractivity contribution in [2.24, 2.45) is 5.73 Å². The molecule has 1 aromatic carbocycles. The zero-order valence-corrected chi connectivity index (χ0v) is 12.7. The molecule has 0 heterocycles. The monoisotopic (exact) mass is 280 g/mol. The van der Waals surface area contributed by atoms with E-state index < -0.39 is 0 Å². The van der Waals surface area contributed by atoms with Gasteiger partial charge in [-0.1, -0.05) is 0 Å². The molecule has 5 nitrogen and oxygen atoms in total. The fourth-order valence-corrected chi connectivity index (χ4v) is 1.58. The number of hydrogen-bond acceptors (Lipinski definition) is 4. The first-order valence-electron chi connectivity index (χ1n) is 6.65. The van der Waals surface area contributed by atoms with Crippen molar-refractivity contribution in [1.29, 1.82) is 0 Å². The molecule has 0 atom stereocenters. The predicted octanol–water partition coefficient (Wildman–Crippen LogP) is 1.84. The summed E-state index contributed by atoms with van der Waals surface area (Å²) in [6.45, 7) is 7.24. The highest BCUT2D eigenvalue weighted by Crippen LogP contribution is 2.24. The zero-order chi connectivity index (χ0) is 15.2. The lowest BCUT2D eigenvalue weighted by Crippen LogP contribution is -2.35. The van der Waals surface area contributed by atoms with E-state index in [0.717, 1.165) is 17.1 Å². The lowest BCUT2D eigenvalue weighted by molar-refractivity contribution is -0.118. The molecule has 0 saturated carbocycles. The van der Waals surface area contributed by atoms with E-state index in [0.29, 0.717) is 6.54 Å². The summed E-state index contributed by atoms with van der Waals surface area (Å²) in [4.78, 5) is 10.7. The van der Waals surface area contributed by atoms with E-state index in [1.807, 2.05) is 18.2 Å². The van der Waals surface area contributed by atoms with Crippen LogP contribution in [0.2, 0.25) is 0 Å². The van der Waals surface area contributed by atoms with E-state index >= 15 is 0 Å². The first-order valence-corrected chi connectivity index (χ1v) is 6.65. The molecule has 0 unspecified atom stereocenters. The Balaban J connectivity index is 2.78. The predicted molar refractivity (Wildman–Crippen MR) is 78.9 cm³/mol. The summed E-state index contributed by atoms with van der Waals surface area (Å²) in [5.41, 5.74) is 6.10. The van der Waals surface area contributed by atoms with Crippen LogP contribution in [0.15, 0.2) is 18.2 Å². The fraction of sp³-hybridized carbons (Fsp3) is 0.533. The number of carbonyl (C=O) groups is 1. The van der Waals surface area contributed by atoms with Gasteiger partial charge in [-0.2, -0.15) is 0 Å². The number of nitrogens with one attached hydrogen (secondary N) is 1. The maximum Gasteiger partial charge on any atom is 0.220 e. The number of nitrogens with two attached hydrogens (primary N) is 1. The van der Waals surface area contributed by atoms with Crippen LogP contribution < -0.4 is 20.5 Å².